The van der Waals surface area contributed by atoms with Crippen molar-refractivity contribution < 1.29 is 23.9 Å². The summed E-state index contributed by atoms with van der Waals surface area (Å²) in [6, 6.07) is 25.6. The lowest BCUT2D eigenvalue weighted by atomic mass is 9.75. The van der Waals surface area contributed by atoms with Crippen LogP contribution in [0.5, 0.6) is 0 Å². The molecule has 13 aliphatic rings. The molecule has 9 aliphatic heterocycles. The molecule has 25 rings (SSSR count). The van der Waals surface area contributed by atoms with Gasteiger partial charge in [-0.1, -0.05) is 77.0 Å². The van der Waals surface area contributed by atoms with Gasteiger partial charge in [0.25, 0.3) is 0 Å². The minimum Gasteiger partial charge on any atom is -0.379 e. The number of carbonyl (C=O) groups excluding carboxylic acids is 4. The molecule has 0 atom stereocenters. The Hall–Kier alpha value is -12.0. The predicted molar refractivity (Wildman–Crippen MR) is 540 cm³/mol. The summed E-state index contributed by atoms with van der Waals surface area (Å²) in [5, 5.41) is 20.3. The van der Waals surface area contributed by atoms with Gasteiger partial charge in [0.05, 0.1) is 83.5 Å². The third kappa shape index (κ3) is 18.5. The summed E-state index contributed by atoms with van der Waals surface area (Å²) in [6.07, 6.45) is 47.4. The van der Waals surface area contributed by atoms with E-state index in [0.29, 0.717) is 61.6 Å². The normalized spacial score (nSPS) is 21.2. The molecule has 9 fully saturated rings. The number of ketones is 4. The molecule has 722 valence electrons. The van der Waals surface area contributed by atoms with Crippen molar-refractivity contribution in [3.8, 4) is 0 Å². The Kier molecular flexibility index (Phi) is 26.0. The highest BCUT2D eigenvalue weighted by atomic mass is 16.5. The fourth-order valence-corrected chi connectivity index (χ4v) is 25.0. The first-order chi connectivity index (χ1) is 67.5. The van der Waals surface area contributed by atoms with Gasteiger partial charge in [0, 0.05) is 211 Å². The van der Waals surface area contributed by atoms with Crippen LogP contribution in [0, 0.1) is 0 Å². The largest absolute Gasteiger partial charge is 0.379 e. The number of Topliss-reactive ketones (excluding diaryl/α,β-unsaturated/α-hetero) is 4. The molecule has 0 unspecified atom stereocenters. The van der Waals surface area contributed by atoms with E-state index in [0.717, 1.165) is 308 Å². The number of carbonyl (C=O) groups is 4. The number of likely N-dealkylation sites (N-methyl/N-ethyl adjacent to an activating group) is 1. The molecule has 0 radical (unpaired) electrons. The van der Waals surface area contributed by atoms with E-state index < -0.39 is 0 Å². The first kappa shape index (κ1) is 91.1. The summed E-state index contributed by atoms with van der Waals surface area (Å²) in [5.74, 6) is 5.87. The van der Waals surface area contributed by atoms with Crippen molar-refractivity contribution in [1.29, 1.82) is 0 Å². The van der Waals surface area contributed by atoms with Crippen molar-refractivity contribution in [3.05, 3.63) is 145 Å². The van der Waals surface area contributed by atoms with Gasteiger partial charge in [-0.15, -0.1) is 0 Å². The molecule has 12 aromatic heterocycles. The second-order valence-corrected chi connectivity index (χ2v) is 41.3. The number of hydrogen-bond donors (Lipinski definition) is 5. The number of nitrogens with zero attached hydrogens (tertiary/aromatic N) is 23. The minimum atomic E-state index is 0.0178. The Morgan fingerprint density at radius 3 is 0.913 bits per heavy atom. The molecule has 21 heterocycles. The second-order valence-electron chi connectivity index (χ2n) is 41.3. The standard InChI is InChI=1S/C29H37N7O2.C27H35N7O.C25H31N7O.C24H29N7O/c37-25-6-11-29(9-2-1-3-10-29)36-24(25)18-21-19-31-28(33-27(21)36)32-26-5-4-23(20-30-26)34-12-7-22(8-13-34)35-14-16-38-17-15-35;1-19(2)32-12-14-33(15-13-32)21-6-7-24(28-18-21)30-26-29-17-20-16-22-23(35)8-11-27(9-4-3-5-10-27)34(22)25(20)31-26;1-30-11-13-31(14-12-30)19-5-6-22(26-17-19)28-24-27-16-18-15-20-21(33)7-10-25(8-3-2-4-9-25)32(20)23(18)29-24;32-20-6-9-24(7-2-1-3-8-24)31-19(20)14-17-15-27-23(29-22(17)31)28-21-5-4-18(16-26-21)30-12-10-25-11-13-30/h4-5,18-20,22H,1-3,6-17H2,(H,30,31,32,33);6-7,16-19H,3-5,8-15H2,1-2H3,(H,28,29,30,31);5-6,15-17H,2-4,7-14H2,1H3,(H,26,27,28,29);4-5,14-16,25H,1-3,6-13H2,(H,26,27,28,29). The van der Waals surface area contributed by atoms with Crippen LogP contribution in [-0.4, -0.2) is 253 Å². The fraction of sp³-hybridized carbons (Fsp3) is 0.543. The number of fused-ring (bicyclic) bond motifs is 16. The Morgan fingerprint density at radius 1 is 0.333 bits per heavy atom. The van der Waals surface area contributed by atoms with Crippen LogP contribution in [0.4, 0.5) is 69.8 Å². The molecule has 33 heteroatoms. The zero-order valence-electron chi connectivity index (χ0n) is 80.5. The van der Waals surface area contributed by atoms with E-state index in [2.05, 4.69) is 164 Å². The number of piperazine rings is 3. The van der Waals surface area contributed by atoms with Gasteiger partial charge in [0.1, 0.15) is 45.9 Å². The molecule has 5 N–H and O–H groups in total. The number of hydrogen-bond acceptors (Lipinski definition) is 29. The molecule has 4 saturated carbocycles. The van der Waals surface area contributed by atoms with Gasteiger partial charge < -0.3 is 74.1 Å². The van der Waals surface area contributed by atoms with Gasteiger partial charge in [0.2, 0.25) is 23.8 Å². The Balaban J connectivity index is 0.000000106. The quantitative estimate of drug-likeness (QED) is 0.0675. The number of morpholine rings is 1. The summed E-state index contributed by atoms with van der Waals surface area (Å²) in [5.41, 5.74) is 11.4. The highest BCUT2D eigenvalue weighted by molar-refractivity contribution is 6.03. The Morgan fingerprint density at radius 2 is 0.623 bits per heavy atom. The predicted octanol–water partition coefficient (Wildman–Crippen LogP) is 16.8. The van der Waals surface area contributed by atoms with Crippen molar-refractivity contribution in [1.82, 2.24) is 98.1 Å². The maximum Gasteiger partial charge on any atom is 0.230 e. The van der Waals surface area contributed by atoms with Crippen LogP contribution < -0.4 is 46.2 Å². The molecule has 33 nitrogen and oxygen atoms in total. The van der Waals surface area contributed by atoms with Gasteiger partial charge in [0.15, 0.2) is 23.1 Å². The van der Waals surface area contributed by atoms with Gasteiger partial charge >= 0.3 is 0 Å². The number of ether oxygens (including phenoxy) is 1. The van der Waals surface area contributed by atoms with Crippen molar-refractivity contribution >= 4 is 137 Å². The average molecular weight is 1870 g/mol. The van der Waals surface area contributed by atoms with E-state index in [1.807, 2.05) is 98.1 Å². The van der Waals surface area contributed by atoms with Crippen molar-refractivity contribution in [2.24, 2.45) is 0 Å². The Labute approximate surface area is 806 Å². The van der Waals surface area contributed by atoms with Crippen LogP contribution >= 0.6 is 0 Å². The molecule has 0 amide bonds. The highest BCUT2D eigenvalue weighted by Gasteiger charge is 2.47. The zero-order valence-corrected chi connectivity index (χ0v) is 80.5. The first-order valence-corrected chi connectivity index (χ1v) is 51.6. The van der Waals surface area contributed by atoms with E-state index in [4.69, 9.17) is 24.7 Å². The number of anilines is 12. The lowest BCUT2D eigenvalue weighted by Crippen LogP contribution is -2.49. The van der Waals surface area contributed by atoms with Gasteiger partial charge in [-0.3, -0.25) is 29.0 Å². The van der Waals surface area contributed by atoms with E-state index in [1.165, 1.54) is 89.9 Å². The van der Waals surface area contributed by atoms with Crippen LogP contribution in [0.25, 0.3) is 44.1 Å². The van der Waals surface area contributed by atoms with Crippen molar-refractivity contribution in [3.63, 3.8) is 0 Å². The summed E-state index contributed by atoms with van der Waals surface area (Å²) in [7, 11) is 2.16. The molecule has 4 aliphatic carbocycles. The zero-order chi connectivity index (χ0) is 93.5. The molecule has 0 aromatic carbocycles. The molecule has 5 saturated heterocycles. The van der Waals surface area contributed by atoms with Gasteiger partial charge in [-0.2, -0.15) is 19.9 Å². The van der Waals surface area contributed by atoms with Crippen molar-refractivity contribution in [2.45, 2.75) is 241 Å². The number of pyridine rings is 4. The van der Waals surface area contributed by atoms with Gasteiger partial charge in [-0.05, 0) is 184 Å². The highest BCUT2D eigenvalue weighted by Crippen LogP contribution is 2.51. The summed E-state index contributed by atoms with van der Waals surface area (Å²) in [4.78, 5) is 124. The average Bonchev–Trinajstić information content (AvgIpc) is 1.58. The van der Waals surface area contributed by atoms with E-state index in [-0.39, 0.29) is 45.3 Å². The van der Waals surface area contributed by atoms with Crippen LogP contribution in [0.3, 0.4) is 0 Å². The second kappa shape index (κ2) is 39.3. The van der Waals surface area contributed by atoms with E-state index in [9.17, 15) is 19.2 Å². The molecule has 12 aromatic rings. The van der Waals surface area contributed by atoms with Crippen LogP contribution in [-0.2, 0) is 26.9 Å². The van der Waals surface area contributed by atoms with Crippen LogP contribution in [0.1, 0.15) is 248 Å². The SMILES string of the molecule is CC(C)N1CCN(c2ccc(Nc3ncc4cc5n(c4n3)C3(CCCCC3)CCC5=O)nc2)CC1.CN1CCN(c2ccc(Nc3ncc4cc5n(c4n3)C3(CCCCC3)CCC5=O)nc2)CC1.O=C1CCC2(CCCCC2)n2c1cc1cnc(Nc3ccc(N4CCC(N5CCOCC5)CC4)cn3)nc12.O=C1CCC2(CCCCC2)n2c1cc1cnc(Nc3ccc(N4CCNCC4)cn3)nc12. The van der Waals surface area contributed by atoms with E-state index in [1.54, 1.807) is 0 Å². The summed E-state index contributed by atoms with van der Waals surface area (Å²) >= 11 is 0. The molecule has 0 bridgehead atoms. The number of nitrogens with one attached hydrogen (secondary N) is 5. The topological polar surface area (TPSA) is 335 Å². The number of rotatable bonds is 14. The Bertz CT molecular complexity index is 6370. The third-order valence-corrected chi connectivity index (χ3v) is 32.7. The summed E-state index contributed by atoms with van der Waals surface area (Å²) < 4.78 is 14.5. The van der Waals surface area contributed by atoms with E-state index >= 15 is 0 Å². The molecular weight excluding hydrogens is 1730 g/mol. The molecule has 138 heavy (non-hydrogen) atoms. The first-order valence-electron chi connectivity index (χ1n) is 51.6. The number of aromatic nitrogens is 16. The lowest BCUT2D eigenvalue weighted by Gasteiger charge is -2.42. The van der Waals surface area contributed by atoms with Crippen molar-refractivity contribution in [2.75, 3.05) is 166 Å². The monoisotopic (exact) mass is 1870 g/mol. The lowest BCUT2D eigenvalue weighted by molar-refractivity contribution is 0.0115. The van der Waals surface area contributed by atoms with Crippen LogP contribution in [0.15, 0.2) is 122 Å². The van der Waals surface area contributed by atoms with Crippen LogP contribution in [0.2, 0.25) is 0 Å². The number of piperidine rings is 1. The molecule has 4 spiro atoms. The fourth-order valence-electron chi connectivity index (χ4n) is 25.0. The van der Waals surface area contributed by atoms with Gasteiger partial charge in [-0.25, -0.2) is 39.9 Å². The summed E-state index contributed by atoms with van der Waals surface area (Å²) in [6.45, 7) is 22.8. The maximum absolute atomic E-state index is 12.8. The maximum atomic E-state index is 12.8. The molecular formula is C105H132N28O5. The smallest absolute Gasteiger partial charge is 0.230 e. The third-order valence-electron chi connectivity index (χ3n) is 32.7. The minimum absolute atomic E-state index is 0.0178.